The number of amidine groups is 1. The van der Waals surface area contributed by atoms with Crippen molar-refractivity contribution in [3.63, 3.8) is 0 Å². The molecule has 1 heterocycles. The minimum absolute atomic E-state index is 0.410. The summed E-state index contributed by atoms with van der Waals surface area (Å²) < 4.78 is 0. The lowest BCUT2D eigenvalue weighted by atomic mass is 10.1. The summed E-state index contributed by atoms with van der Waals surface area (Å²) in [6.07, 6.45) is 1.71. The van der Waals surface area contributed by atoms with E-state index in [1.165, 1.54) is 0 Å². The maximum atomic E-state index is 4.44. The van der Waals surface area contributed by atoms with Gasteiger partial charge in [-0.3, -0.25) is 10.4 Å². The molecule has 0 spiro atoms. The molecular formula is C22H17N5. The minimum Gasteiger partial charge on any atom is -0.276 e. The highest BCUT2D eigenvalue weighted by Gasteiger charge is 2.05. The Morgan fingerprint density at radius 2 is 1.52 bits per heavy atom. The van der Waals surface area contributed by atoms with Crippen molar-refractivity contribution in [3.8, 4) is 0 Å². The van der Waals surface area contributed by atoms with Crippen molar-refractivity contribution in [1.82, 2.24) is 4.98 Å². The standard InChI is InChI=1S/C22H17N5/c1-2-11-18(12-3-1)24-26-22(21-14-6-7-16-23-21)27-25-20-15-8-10-17-9-4-5-13-19(17)20/h1-16,24H. The van der Waals surface area contributed by atoms with Crippen LogP contribution in [0.5, 0.6) is 0 Å². The summed E-state index contributed by atoms with van der Waals surface area (Å²) in [5.74, 6) is 0.410. The van der Waals surface area contributed by atoms with Crippen LogP contribution in [0.2, 0.25) is 0 Å². The molecule has 5 nitrogen and oxygen atoms in total. The van der Waals surface area contributed by atoms with Gasteiger partial charge < -0.3 is 0 Å². The first-order chi connectivity index (χ1) is 13.4. The largest absolute Gasteiger partial charge is 0.276 e. The fourth-order valence-corrected chi connectivity index (χ4v) is 2.65. The van der Waals surface area contributed by atoms with E-state index in [1.807, 2.05) is 78.9 Å². The minimum atomic E-state index is 0.410. The molecule has 0 saturated carbocycles. The molecule has 27 heavy (non-hydrogen) atoms. The Hall–Kier alpha value is -3.86. The van der Waals surface area contributed by atoms with Crippen molar-refractivity contribution < 1.29 is 0 Å². The van der Waals surface area contributed by atoms with E-state index in [9.17, 15) is 0 Å². The van der Waals surface area contributed by atoms with Crippen molar-refractivity contribution in [3.05, 3.63) is 103 Å². The Morgan fingerprint density at radius 3 is 2.37 bits per heavy atom. The van der Waals surface area contributed by atoms with E-state index in [1.54, 1.807) is 6.20 Å². The van der Waals surface area contributed by atoms with Gasteiger partial charge in [0, 0.05) is 11.6 Å². The number of nitrogens with zero attached hydrogens (tertiary/aromatic N) is 4. The zero-order valence-electron chi connectivity index (χ0n) is 14.5. The number of rotatable bonds is 4. The van der Waals surface area contributed by atoms with Crippen molar-refractivity contribution in [2.45, 2.75) is 0 Å². The summed E-state index contributed by atoms with van der Waals surface area (Å²) in [4.78, 5) is 4.34. The number of anilines is 1. The molecule has 0 aliphatic carbocycles. The Morgan fingerprint density at radius 1 is 0.741 bits per heavy atom. The number of para-hydroxylation sites is 1. The van der Waals surface area contributed by atoms with Gasteiger partial charge in [0.25, 0.3) is 0 Å². The molecule has 4 rings (SSSR count). The van der Waals surface area contributed by atoms with Gasteiger partial charge in [-0.05, 0) is 35.7 Å². The number of benzene rings is 3. The average Bonchev–Trinajstić information content (AvgIpc) is 2.75. The van der Waals surface area contributed by atoms with Crippen LogP contribution in [-0.4, -0.2) is 10.8 Å². The molecule has 0 saturated heterocycles. The number of hydrogen-bond acceptors (Lipinski definition) is 4. The molecule has 4 aromatic rings. The number of aromatic nitrogens is 1. The monoisotopic (exact) mass is 351 g/mol. The van der Waals surface area contributed by atoms with Gasteiger partial charge in [0.05, 0.1) is 11.4 Å². The van der Waals surface area contributed by atoms with Gasteiger partial charge in [-0.1, -0.05) is 60.7 Å². The summed E-state index contributed by atoms with van der Waals surface area (Å²) in [7, 11) is 0. The zero-order chi connectivity index (χ0) is 18.3. The van der Waals surface area contributed by atoms with Crippen molar-refractivity contribution >= 4 is 28.0 Å². The molecule has 0 aliphatic rings. The molecule has 0 aliphatic heterocycles. The topological polar surface area (TPSA) is 62.0 Å². The molecule has 5 heteroatoms. The van der Waals surface area contributed by atoms with Crippen LogP contribution in [0, 0.1) is 0 Å². The van der Waals surface area contributed by atoms with Crippen molar-refractivity contribution in [2.75, 3.05) is 5.43 Å². The predicted molar refractivity (Wildman–Crippen MR) is 109 cm³/mol. The molecule has 0 unspecified atom stereocenters. The maximum Gasteiger partial charge on any atom is 0.219 e. The third kappa shape index (κ3) is 4.04. The number of pyridine rings is 1. The van der Waals surface area contributed by atoms with Crippen molar-refractivity contribution in [2.24, 2.45) is 15.3 Å². The van der Waals surface area contributed by atoms with Gasteiger partial charge >= 0.3 is 0 Å². The maximum absolute atomic E-state index is 4.44. The van der Waals surface area contributed by atoms with E-state index >= 15 is 0 Å². The van der Waals surface area contributed by atoms with E-state index < -0.39 is 0 Å². The number of hydrazone groups is 1. The lowest BCUT2D eigenvalue weighted by Gasteiger charge is -2.03. The third-order valence-electron chi connectivity index (χ3n) is 3.98. The Labute approximate surface area is 157 Å². The van der Waals surface area contributed by atoms with Crippen LogP contribution in [0.4, 0.5) is 11.4 Å². The first-order valence-corrected chi connectivity index (χ1v) is 8.60. The molecule has 1 N–H and O–H groups in total. The summed E-state index contributed by atoms with van der Waals surface area (Å²) in [5, 5.41) is 15.4. The van der Waals surface area contributed by atoms with E-state index in [0.29, 0.717) is 11.5 Å². The summed E-state index contributed by atoms with van der Waals surface area (Å²) in [6, 6.07) is 29.4. The first-order valence-electron chi connectivity index (χ1n) is 8.60. The van der Waals surface area contributed by atoms with E-state index in [4.69, 9.17) is 0 Å². The van der Waals surface area contributed by atoms with Crippen LogP contribution >= 0.6 is 0 Å². The summed E-state index contributed by atoms with van der Waals surface area (Å²) in [5.41, 5.74) is 5.31. The number of nitrogens with one attached hydrogen (secondary N) is 1. The molecule has 0 bridgehead atoms. The third-order valence-corrected chi connectivity index (χ3v) is 3.98. The second-order valence-corrected chi connectivity index (χ2v) is 5.83. The smallest absolute Gasteiger partial charge is 0.219 e. The molecule has 0 fully saturated rings. The highest BCUT2D eigenvalue weighted by molar-refractivity contribution is 5.98. The number of fused-ring (bicyclic) bond motifs is 1. The van der Waals surface area contributed by atoms with Gasteiger partial charge in [0.1, 0.15) is 5.69 Å². The molecule has 130 valence electrons. The van der Waals surface area contributed by atoms with Gasteiger partial charge in [-0.15, -0.1) is 10.2 Å². The predicted octanol–water partition coefficient (Wildman–Crippen LogP) is 5.79. The van der Waals surface area contributed by atoms with Crippen LogP contribution in [0.1, 0.15) is 5.69 Å². The van der Waals surface area contributed by atoms with E-state index in [0.717, 1.165) is 22.1 Å². The summed E-state index contributed by atoms with van der Waals surface area (Å²) >= 11 is 0. The second kappa shape index (κ2) is 8.01. The van der Waals surface area contributed by atoms with Crippen LogP contribution in [0.3, 0.4) is 0 Å². The molecule has 0 radical (unpaired) electrons. The molecule has 0 atom stereocenters. The zero-order valence-corrected chi connectivity index (χ0v) is 14.5. The fraction of sp³-hybridized carbons (Fsp3) is 0. The SMILES string of the molecule is c1ccc(NN=C(N=Nc2cccc3ccccc23)c2ccccn2)cc1. The van der Waals surface area contributed by atoms with Gasteiger partial charge in [0.15, 0.2) is 0 Å². The summed E-state index contributed by atoms with van der Waals surface area (Å²) in [6.45, 7) is 0. The molecule has 1 aromatic heterocycles. The lowest BCUT2D eigenvalue weighted by Crippen LogP contribution is -2.03. The second-order valence-electron chi connectivity index (χ2n) is 5.83. The van der Waals surface area contributed by atoms with Crippen LogP contribution < -0.4 is 5.43 Å². The molecule has 3 aromatic carbocycles. The number of azo groups is 1. The Balaban J connectivity index is 1.69. The van der Waals surface area contributed by atoms with Gasteiger partial charge in [0.2, 0.25) is 5.84 Å². The van der Waals surface area contributed by atoms with Gasteiger partial charge in [-0.25, -0.2) is 0 Å². The van der Waals surface area contributed by atoms with Crippen LogP contribution in [-0.2, 0) is 0 Å². The Kier molecular flexibility index (Phi) is 4.93. The highest BCUT2D eigenvalue weighted by Crippen LogP contribution is 2.26. The van der Waals surface area contributed by atoms with E-state index in [-0.39, 0.29) is 0 Å². The lowest BCUT2D eigenvalue weighted by molar-refractivity contribution is 1.19. The number of hydrogen-bond donors (Lipinski definition) is 1. The van der Waals surface area contributed by atoms with Crippen molar-refractivity contribution in [1.29, 1.82) is 0 Å². The average molecular weight is 351 g/mol. The van der Waals surface area contributed by atoms with Gasteiger partial charge in [-0.2, -0.15) is 5.10 Å². The van der Waals surface area contributed by atoms with E-state index in [2.05, 4.69) is 37.9 Å². The quantitative estimate of drug-likeness (QED) is 0.219. The highest BCUT2D eigenvalue weighted by atomic mass is 15.3. The molecule has 0 amide bonds. The first kappa shape index (κ1) is 16.6. The van der Waals surface area contributed by atoms with Crippen LogP contribution in [0.15, 0.2) is 113 Å². The van der Waals surface area contributed by atoms with Crippen LogP contribution in [0.25, 0.3) is 10.8 Å². The Bertz CT molecular complexity index is 1080. The normalized spacial score (nSPS) is 11.8. The fourth-order valence-electron chi connectivity index (χ4n) is 2.65. The molecular weight excluding hydrogens is 334 g/mol.